The van der Waals surface area contributed by atoms with Crippen molar-refractivity contribution < 1.29 is 29.0 Å². The standard InChI is InChI=1S/C26H30N2O6/c1-15(33-2)24(25(31)27-17-11-16(12-17)13-23(29)30)28-26(32)34-14-22-20-9-5-3-7-18(20)19-8-4-6-10-21(19)22/h3-10,15-17,22,24H,11-14H2,1-2H3,(H,27,31)(H,28,32)(H,29,30)/t15-,16?,17?,24+/m1/s1. The van der Waals surface area contributed by atoms with Gasteiger partial charge in [-0.05, 0) is 47.9 Å². The lowest BCUT2D eigenvalue weighted by molar-refractivity contribution is -0.139. The van der Waals surface area contributed by atoms with Crippen LogP contribution in [-0.4, -0.2) is 55.0 Å². The molecule has 1 saturated carbocycles. The van der Waals surface area contributed by atoms with Gasteiger partial charge in [-0.3, -0.25) is 9.59 Å². The molecule has 0 aliphatic heterocycles. The quantitative estimate of drug-likeness (QED) is 0.523. The van der Waals surface area contributed by atoms with E-state index in [2.05, 4.69) is 22.8 Å². The average Bonchev–Trinajstić information content (AvgIpc) is 3.12. The number of hydrogen-bond acceptors (Lipinski definition) is 5. The lowest BCUT2D eigenvalue weighted by atomic mass is 9.78. The Morgan fingerprint density at radius 1 is 1.03 bits per heavy atom. The maximum atomic E-state index is 12.8. The number of benzene rings is 2. The molecule has 180 valence electrons. The van der Waals surface area contributed by atoms with E-state index in [1.54, 1.807) is 6.92 Å². The second-order valence-electron chi connectivity index (χ2n) is 9.03. The number of amides is 2. The van der Waals surface area contributed by atoms with Gasteiger partial charge in [0.25, 0.3) is 0 Å². The van der Waals surface area contributed by atoms with Gasteiger partial charge in [0.15, 0.2) is 0 Å². The monoisotopic (exact) mass is 466 g/mol. The molecule has 8 nitrogen and oxygen atoms in total. The second kappa shape index (κ2) is 10.3. The molecule has 2 aromatic carbocycles. The number of carboxylic acid groups (broad SMARTS) is 1. The molecule has 0 aromatic heterocycles. The van der Waals surface area contributed by atoms with Crippen molar-refractivity contribution in [2.75, 3.05) is 13.7 Å². The van der Waals surface area contributed by atoms with E-state index >= 15 is 0 Å². The van der Waals surface area contributed by atoms with E-state index in [1.165, 1.54) is 7.11 Å². The van der Waals surface area contributed by atoms with E-state index in [-0.39, 0.29) is 36.8 Å². The first-order valence-electron chi connectivity index (χ1n) is 11.5. The Morgan fingerprint density at radius 3 is 2.18 bits per heavy atom. The highest BCUT2D eigenvalue weighted by molar-refractivity contribution is 5.86. The normalized spacial score (nSPS) is 20.3. The van der Waals surface area contributed by atoms with Gasteiger partial charge in [-0.1, -0.05) is 48.5 Å². The summed E-state index contributed by atoms with van der Waals surface area (Å²) in [5, 5.41) is 14.4. The van der Waals surface area contributed by atoms with Crippen molar-refractivity contribution in [2.45, 2.75) is 50.3 Å². The summed E-state index contributed by atoms with van der Waals surface area (Å²) < 4.78 is 10.9. The van der Waals surface area contributed by atoms with Gasteiger partial charge in [-0.25, -0.2) is 4.79 Å². The number of methoxy groups -OCH3 is 1. The molecule has 34 heavy (non-hydrogen) atoms. The van der Waals surface area contributed by atoms with E-state index < -0.39 is 24.2 Å². The van der Waals surface area contributed by atoms with Crippen LogP contribution in [0.1, 0.15) is 43.2 Å². The zero-order valence-electron chi connectivity index (χ0n) is 19.3. The van der Waals surface area contributed by atoms with Crippen LogP contribution in [0.3, 0.4) is 0 Å². The van der Waals surface area contributed by atoms with Gasteiger partial charge < -0.3 is 25.2 Å². The Balaban J connectivity index is 1.35. The third-order valence-electron chi connectivity index (χ3n) is 6.79. The SMILES string of the molecule is CO[C@H](C)[C@H](NC(=O)OCC1c2ccccc2-c2ccccc21)C(=O)NC1CC(CC(=O)O)C1. The molecule has 0 bridgehead atoms. The molecular weight excluding hydrogens is 436 g/mol. The molecule has 0 unspecified atom stereocenters. The van der Waals surface area contributed by atoms with Crippen LogP contribution in [-0.2, 0) is 19.1 Å². The van der Waals surface area contributed by atoms with E-state index in [0.29, 0.717) is 12.8 Å². The van der Waals surface area contributed by atoms with Crippen LogP contribution in [0.2, 0.25) is 0 Å². The van der Waals surface area contributed by atoms with Crippen LogP contribution in [0.25, 0.3) is 11.1 Å². The van der Waals surface area contributed by atoms with Crippen LogP contribution in [0.5, 0.6) is 0 Å². The molecule has 3 N–H and O–H groups in total. The Bertz CT molecular complexity index is 1020. The lowest BCUT2D eigenvalue weighted by Gasteiger charge is -2.36. The van der Waals surface area contributed by atoms with Gasteiger partial charge >= 0.3 is 12.1 Å². The maximum absolute atomic E-state index is 12.8. The molecule has 4 rings (SSSR count). The highest BCUT2D eigenvalue weighted by Gasteiger charge is 2.36. The first-order valence-corrected chi connectivity index (χ1v) is 11.5. The first kappa shape index (κ1) is 23.8. The van der Waals surface area contributed by atoms with Gasteiger partial charge in [0, 0.05) is 25.5 Å². The number of alkyl carbamates (subject to hydrolysis) is 1. The zero-order chi connectivity index (χ0) is 24.2. The number of carboxylic acids is 1. The summed E-state index contributed by atoms with van der Waals surface area (Å²) >= 11 is 0. The van der Waals surface area contributed by atoms with Crippen LogP contribution in [0, 0.1) is 5.92 Å². The fourth-order valence-electron chi connectivity index (χ4n) is 4.86. The minimum absolute atomic E-state index is 0.0659. The van der Waals surface area contributed by atoms with E-state index in [9.17, 15) is 14.4 Å². The van der Waals surface area contributed by atoms with Gasteiger partial charge in [-0.2, -0.15) is 0 Å². The summed E-state index contributed by atoms with van der Waals surface area (Å²) in [6, 6.07) is 15.1. The van der Waals surface area contributed by atoms with Crippen LogP contribution < -0.4 is 10.6 Å². The molecular formula is C26H30N2O6. The molecule has 2 aliphatic rings. The minimum Gasteiger partial charge on any atom is -0.481 e. The number of rotatable bonds is 9. The molecule has 8 heteroatoms. The van der Waals surface area contributed by atoms with Gasteiger partial charge in [0.1, 0.15) is 12.6 Å². The Kier molecular flexibility index (Phi) is 7.17. The van der Waals surface area contributed by atoms with Crippen molar-refractivity contribution >= 4 is 18.0 Å². The highest BCUT2D eigenvalue weighted by Crippen LogP contribution is 2.44. The number of fused-ring (bicyclic) bond motifs is 3. The van der Waals surface area contributed by atoms with Gasteiger partial charge in [-0.15, -0.1) is 0 Å². The topological polar surface area (TPSA) is 114 Å². The van der Waals surface area contributed by atoms with E-state index in [0.717, 1.165) is 22.3 Å². The van der Waals surface area contributed by atoms with Crippen LogP contribution in [0.4, 0.5) is 4.79 Å². The summed E-state index contributed by atoms with van der Waals surface area (Å²) in [6.07, 6.45) is 0.0507. The Hall–Kier alpha value is -3.39. The van der Waals surface area contributed by atoms with Crippen molar-refractivity contribution in [3.63, 3.8) is 0 Å². The number of ether oxygens (including phenoxy) is 2. The zero-order valence-corrected chi connectivity index (χ0v) is 19.3. The molecule has 0 heterocycles. The number of carbonyl (C=O) groups is 3. The predicted molar refractivity (Wildman–Crippen MR) is 125 cm³/mol. The van der Waals surface area contributed by atoms with E-state index in [1.807, 2.05) is 36.4 Å². The minimum atomic E-state index is -0.931. The fourth-order valence-corrected chi connectivity index (χ4v) is 4.86. The van der Waals surface area contributed by atoms with Crippen LogP contribution >= 0.6 is 0 Å². The van der Waals surface area contributed by atoms with E-state index in [4.69, 9.17) is 14.6 Å². The fraction of sp³-hybridized carbons (Fsp3) is 0.423. The second-order valence-corrected chi connectivity index (χ2v) is 9.03. The molecule has 1 fully saturated rings. The third kappa shape index (κ3) is 5.07. The molecule has 2 aromatic rings. The molecule has 2 atom stereocenters. The maximum Gasteiger partial charge on any atom is 0.407 e. The molecule has 0 spiro atoms. The van der Waals surface area contributed by atoms with Crippen molar-refractivity contribution in [2.24, 2.45) is 5.92 Å². The first-order chi connectivity index (χ1) is 16.4. The number of carbonyl (C=O) groups excluding carboxylic acids is 2. The summed E-state index contributed by atoms with van der Waals surface area (Å²) in [4.78, 5) is 36.3. The van der Waals surface area contributed by atoms with Crippen LogP contribution in [0.15, 0.2) is 48.5 Å². The predicted octanol–water partition coefficient (Wildman–Crippen LogP) is 3.30. The van der Waals surface area contributed by atoms with Crippen molar-refractivity contribution in [3.8, 4) is 11.1 Å². The van der Waals surface area contributed by atoms with Gasteiger partial charge in [0.2, 0.25) is 5.91 Å². The molecule has 2 amide bonds. The molecule has 0 radical (unpaired) electrons. The number of aliphatic carboxylic acids is 1. The number of hydrogen-bond donors (Lipinski definition) is 3. The summed E-state index contributed by atoms with van der Waals surface area (Å²) in [5.74, 6) is -1.22. The number of nitrogens with one attached hydrogen (secondary N) is 2. The highest BCUT2D eigenvalue weighted by atomic mass is 16.5. The van der Waals surface area contributed by atoms with Crippen molar-refractivity contribution in [1.82, 2.24) is 10.6 Å². The third-order valence-corrected chi connectivity index (χ3v) is 6.79. The van der Waals surface area contributed by atoms with Crippen molar-refractivity contribution in [3.05, 3.63) is 59.7 Å². The lowest BCUT2D eigenvalue weighted by Crippen LogP contribution is -2.57. The molecule has 0 saturated heterocycles. The largest absolute Gasteiger partial charge is 0.481 e. The Morgan fingerprint density at radius 2 is 1.62 bits per heavy atom. The summed E-state index contributed by atoms with van der Waals surface area (Å²) in [6.45, 7) is 1.84. The molecule has 2 aliphatic carbocycles. The van der Waals surface area contributed by atoms with Crippen molar-refractivity contribution in [1.29, 1.82) is 0 Å². The smallest absolute Gasteiger partial charge is 0.407 e. The summed E-state index contributed by atoms with van der Waals surface area (Å²) in [7, 11) is 1.47. The summed E-state index contributed by atoms with van der Waals surface area (Å²) in [5.41, 5.74) is 4.49. The average molecular weight is 467 g/mol. The Labute approximate surface area is 198 Å². The van der Waals surface area contributed by atoms with Gasteiger partial charge in [0.05, 0.1) is 6.10 Å².